The quantitative estimate of drug-likeness (QED) is 0.300. The van der Waals surface area contributed by atoms with Crippen LogP contribution >= 0.6 is 0 Å². The smallest absolute Gasteiger partial charge is 0.311 e. The van der Waals surface area contributed by atoms with Gasteiger partial charge in [-0.1, -0.05) is 12.1 Å². The summed E-state index contributed by atoms with van der Waals surface area (Å²) < 4.78 is 6.47. The van der Waals surface area contributed by atoms with E-state index in [-0.39, 0.29) is 12.1 Å². The van der Waals surface area contributed by atoms with Crippen LogP contribution in [0.5, 0.6) is 0 Å². The van der Waals surface area contributed by atoms with Gasteiger partial charge in [0.2, 0.25) is 0 Å². The molecule has 0 aliphatic rings. The molecule has 0 saturated carbocycles. The minimum Gasteiger partial charge on any atom is -0.469 e. The average molecular weight is 353 g/mol. The van der Waals surface area contributed by atoms with Crippen molar-refractivity contribution in [3.63, 3.8) is 0 Å². The Balaban J connectivity index is 2.07. The van der Waals surface area contributed by atoms with E-state index in [4.69, 9.17) is 4.74 Å². The predicted octanol–water partition coefficient (Wildman–Crippen LogP) is 3.68. The number of hydrogen-bond donors (Lipinski definition) is 0. The van der Waals surface area contributed by atoms with Gasteiger partial charge in [-0.2, -0.15) is 0 Å². The second kappa shape index (κ2) is 7.09. The molecule has 3 aromatic rings. The number of pyridine rings is 1. The number of imidazole rings is 1. The number of aromatic nitrogens is 2. The highest BCUT2D eigenvalue weighted by molar-refractivity contribution is 5.74. The van der Waals surface area contributed by atoms with Gasteiger partial charge in [-0.25, -0.2) is 4.98 Å². The molecule has 0 amide bonds. The van der Waals surface area contributed by atoms with Gasteiger partial charge in [-0.3, -0.25) is 19.3 Å². The SMILES string of the molecule is COC(=O)Cc1nc2cccc(C)n2c1N=Nc1cccc([N+](=O)[O-])c1. The highest BCUT2D eigenvalue weighted by atomic mass is 16.6. The summed E-state index contributed by atoms with van der Waals surface area (Å²) in [6, 6.07) is 11.3. The number of esters is 1. The Morgan fingerprint density at radius 2 is 2.04 bits per heavy atom. The van der Waals surface area contributed by atoms with E-state index in [1.807, 2.05) is 19.1 Å². The lowest BCUT2D eigenvalue weighted by atomic mass is 10.3. The number of hydrogen-bond acceptors (Lipinski definition) is 7. The first-order valence-electron chi connectivity index (χ1n) is 7.69. The molecule has 0 aliphatic carbocycles. The van der Waals surface area contributed by atoms with Gasteiger partial charge in [0.25, 0.3) is 5.69 Å². The van der Waals surface area contributed by atoms with Gasteiger partial charge in [0.1, 0.15) is 5.65 Å². The molecule has 2 heterocycles. The molecular formula is C17H15N5O4. The first-order valence-corrected chi connectivity index (χ1v) is 7.69. The number of carbonyl (C=O) groups excluding carboxylic acids is 1. The maximum atomic E-state index is 11.7. The highest BCUT2D eigenvalue weighted by Gasteiger charge is 2.17. The molecule has 1 aromatic carbocycles. The highest BCUT2D eigenvalue weighted by Crippen LogP contribution is 2.27. The number of carbonyl (C=O) groups is 1. The normalized spacial score (nSPS) is 11.2. The van der Waals surface area contributed by atoms with E-state index < -0.39 is 10.9 Å². The molecule has 0 spiro atoms. The molecule has 132 valence electrons. The lowest BCUT2D eigenvalue weighted by Crippen LogP contribution is -2.04. The Morgan fingerprint density at radius 3 is 2.77 bits per heavy atom. The van der Waals surface area contributed by atoms with Gasteiger partial charge in [0.05, 0.1) is 29.8 Å². The summed E-state index contributed by atoms with van der Waals surface area (Å²) >= 11 is 0. The van der Waals surface area contributed by atoms with Crippen LogP contribution in [-0.4, -0.2) is 27.4 Å². The number of nitro groups is 1. The second-order valence-corrected chi connectivity index (χ2v) is 5.47. The Hall–Kier alpha value is -3.62. The van der Waals surface area contributed by atoms with Crippen molar-refractivity contribution in [1.29, 1.82) is 0 Å². The summed E-state index contributed by atoms with van der Waals surface area (Å²) in [6.07, 6.45) is -0.0547. The van der Waals surface area contributed by atoms with Crippen LogP contribution in [0.4, 0.5) is 17.2 Å². The molecule has 0 aliphatic heterocycles. The van der Waals surface area contributed by atoms with E-state index in [1.54, 1.807) is 16.5 Å². The van der Waals surface area contributed by atoms with Gasteiger partial charge < -0.3 is 4.74 Å². The fourth-order valence-corrected chi connectivity index (χ4v) is 2.49. The number of aryl methyl sites for hydroxylation is 1. The van der Waals surface area contributed by atoms with Crippen molar-refractivity contribution < 1.29 is 14.5 Å². The molecule has 9 heteroatoms. The first-order chi connectivity index (χ1) is 12.5. The van der Waals surface area contributed by atoms with Crippen molar-refractivity contribution >= 4 is 28.8 Å². The van der Waals surface area contributed by atoms with Gasteiger partial charge in [-0.05, 0) is 25.1 Å². The lowest BCUT2D eigenvalue weighted by Gasteiger charge is -2.02. The van der Waals surface area contributed by atoms with Crippen LogP contribution in [-0.2, 0) is 16.0 Å². The summed E-state index contributed by atoms with van der Waals surface area (Å²) in [5, 5.41) is 19.2. The lowest BCUT2D eigenvalue weighted by molar-refractivity contribution is -0.384. The molecule has 0 bridgehead atoms. The number of rotatable bonds is 5. The van der Waals surface area contributed by atoms with Crippen molar-refractivity contribution in [2.45, 2.75) is 13.3 Å². The third-order valence-electron chi connectivity index (χ3n) is 3.72. The zero-order valence-corrected chi connectivity index (χ0v) is 14.1. The Morgan fingerprint density at radius 1 is 1.27 bits per heavy atom. The molecule has 0 N–H and O–H groups in total. The maximum absolute atomic E-state index is 11.7. The average Bonchev–Trinajstić information content (AvgIpc) is 2.98. The van der Waals surface area contributed by atoms with Crippen LogP contribution in [0.15, 0.2) is 52.7 Å². The van der Waals surface area contributed by atoms with Crippen molar-refractivity contribution in [2.75, 3.05) is 7.11 Å². The van der Waals surface area contributed by atoms with E-state index >= 15 is 0 Å². The molecular weight excluding hydrogens is 338 g/mol. The minimum absolute atomic E-state index is 0.0547. The van der Waals surface area contributed by atoms with Crippen molar-refractivity contribution in [3.8, 4) is 0 Å². The number of non-ortho nitro benzene ring substituents is 1. The first kappa shape index (κ1) is 17.2. The van der Waals surface area contributed by atoms with E-state index in [9.17, 15) is 14.9 Å². The number of ether oxygens (including phenoxy) is 1. The van der Waals surface area contributed by atoms with Crippen LogP contribution in [0.3, 0.4) is 0 Å². The molecule has 0 radical (unpaired) electrons. The molecule has 0 fully saturated rings. The number of nitro benzene ring substituents is 1. The Bertz CT molecular complexity index is 1030. The Kier molecular flexibility index (Phi) is 4.70. The van der Waals surface area contributed by atoms with E-state index in [0.717, 1.165) is 5.69 Å². The fourth-order valence-electron chi connectivity index (χ4n) is 2.49. The van der Waals surface area contributed by atoms with Crippen LogP contribution < -0.4 is 0 Å². The second-order valence-electron chi connectivity index (χ2n) is 5.47. The zero-order valence-electron chi connectivity index (χ0n) is 14.1. The van der Waals surface area contributed by atoms with Gasteiger partial charge in [0, 0.05) is 17.8 Å². The van der Waals surface area contributed by atoms with Gasteiger partial charge in [0.15, 0.2) is 5.82 Å². The van der Waals surface area contributed by atoms with Crippen LogP contribution in [0.1, 0.15) is 11.4 Å². The third kappa shape index (κ3) is 3.41. The molecule has 26 heavy (non-hydrogen) atoms. The fraction of sp³-hybridized carbons (Fsp3) is 0.176. The number of benzene rings is 1. The standard InChI is InChI=1S/C17H15N5O4/c1-11-5-3-8-15-18-14(10-16(23)26-2)17(21(11)15)20-19-12-6-4-7-13(9-12)22(24)25/h3-9H,10H2,1-2H3. The summed E-state index contributed by atoms with van der Waals surface area (Å²) in [5.74, 6) is -0.0622. The van der Waals surface area contributed by atoms with Gasteiger partial charge >= 0.3 is 5.97 Å². The van der Waals surface area contributed by atoms with Crippen molar-refractivity contribution in [3.05, 3.63) is 64.0 Å². The third-order valence-corrected chi connectivity index (χ3v) is 3.72. The number of azo groups is 1. The van der Waals surface area contributed by atoms with Crippen molar-refractivity contribution in [1.82, 2.24) is 9.38 Å². The summed E-state index contributed by atoms with van der Waals surface area (Å²) in [5.41, 5.74) is 2.15. The Labute approximate surface area is 148 Å². The minimum atomic E-state index is -0.500. The zero-order chi connectivity index (χ0) is 18.7. The number of nitrogens with zero attached hydrogens (tertiary/aromatic N) is 5. The largest absolute Gasteiger partial charge is 0.469 e. The molecule has 9 nitrogen and oxygen atoms in total. The molecule has 0 saturated heterocycles. The number of fused-ring (bicyclic) bond motifs is 1. The van der Waals surface area contributed by atoms with Gasteiger partial charge in [-0.15, -0.1) is 10.2 Å². The molecule has 2 aromatic heterocycles. The van der Waals surface area contributed by atoms with E-state index in [2.05, 4.69) is 15.2 Å². The van der Waals surface area contributed by atoms with E-state index in [0.29, 0.717) is 22.8 Å². The van der Waals surface area contributed by atoms with Crippen LogP contribution in [0.25, 0.3) is 5.65 Å². The summed E-state index contributed by atoms with van der Waals surface area (Å²) in [6.45, 7) is 1.88. The summed E-state index contributed by atoms with van der Waals surface area (Å²) in [4.78, 5) is 26.5. The van der Waals surface area contributed by atoms with Crippen LogP contribution in [0.2, 0.25) is 0 Å². The predicted molar refractivity (Wildman–Crippen MR) is 92.9 cm³/mol. The topological polar surface area (TPSA) is 111 Å². The van der Waals surface area contributed by atoms with Crippen molar-refractivity contribution in [2.24, 2.45) is 10.2 Å². The molecule has 0 unspecified atom stereocenters. The van der Waals surface area contributed by atoms with Crippen LogP contribution in [0, 0.1) is 17.0 Å². The number of methoxy groups -OCH3 is 1. The molecule has 0 atom stereocenters. The monoisotopic (exact) mass is 353 g/mol. The molecule has 3 rings (SSSR count). The maximum Gasteiger partial charge on any atom is 0.311 e. The summed E-state index contributed by atoms with van der Waals surface area (Å²) in [7, 11) is 1.30. The van der Waals surface area contributed by atoms with E-state index in [1.165, 1.54) is 25.3 Å².